The second-order valence-corrected chi connectivity index (χ2v) is 6.08. The van der Waals surface area contributed by atoms with Crippen LogP contribution in [-0.4, -0.2) is 22.4 Å². The number of anilines is 1. The number of nitrogens with one attached hydrogen (secondary N) is 2. The second kappa shape index (κ2) is 8.48. The van der Waals surface area contributed by atoms with Gasteiger partial charge in [0.25, 0.3) is 5.91 Å². The van der Waals surface area contributed by atoms with E-state index in [1.807, 2.05) is 24.3 Å². The zero-order chi connectivity index (χ0) is 16.7. The number of halogens is 1. The van der Waals surface area contributed by atoms with E-state index < -0.39 is 0 Å². The van der Waals surface area contributed by atoms with E-state index in [0.717, 1.165) is 12.0 Å². The molecule has 0 saturated carbocycles. The lowest BCUT2D eigenvalue weighted by atomic mass is 10.1. The third kappa shape index (κ3) is 5.53. The number of rotatable bonds is 7. The highest BCUT2D eigenvalue weighted by Crippen LogP contribution is 2.16. The summed E-state index contributed by atoms with van der Waals surface area (Å²) in [5, 5.41) is 6.71. The largest absolute Gasteiger partial charge is 0.366 e. The molecule has 23 heavy (non-hydrogen) atoms. The summed E-state index contributed by atoms with van der Waals surface area (Å²) in [4.78, 5) is 20.2. The van der Waals surface area contributed by atoms with Gasteiger partial charge in [-0.05, 0) is 24.0 Å². The first kappa shape index (κ1) is 17.2. The molecule has 2 N–H and O–H groups in total. The first-order chi connectivity index (χ1) is 11.1. The van der Waals surface area contributed by atoms with E-state index in [-0.39, 0.29) is 5.91 Å². The molecule has 2 aromatic rings. The van der Waals surface area contributed by atoms with Gasteiger partial charge in [-0.2, -0.15) is 0 Å². The van der Waals surface area contributed by atoms with Gasteiger partial charge in [0.1, 0.15) is 17.8 Å². The monoisotopic (exact) mass is 332 g/mol. The zero-order valence-electron chi connectivity index (χ0n) is 13.3. The normalized spacial score (nSPS) is 10.6. The Kier molecular flexibility index (Phi) is 6.35. The third-order valence-electron chi connectivity index (χ3n) is 3.32. The molecule has 2 rings (SSSR count). The number of amides is 1. The van der Waals surface area contributed by atoms with E-state index in [9.17, 15) is 4.79 Å². The lowest BCUT2D eigenvalue weighted by molar-refractivity contribution is 0.0947. The van der Waals surface area contributed by atoms with Crippen LogP contribution in [0.2, 0.25) is 5.02 Å². The quantitative estimate of drug-likeness (QED) is 0.814. The molecule has 1 heterocycles. The summed E-state index contributed by atoms with van der Waals surface area (Å²) >= 11 is 6.12. The molecule has 0 saturated heterocycles. The molecule has 1 aromatic heterocycles. The Hall–Kier alpha value is -2.14. The van der Waals surface area contributed by atoms with E-state index in [0.29, 0.717) is 35.5 Å². The van der Waals surface area contributed by atoms with Crippen molar-refractivity contribution in [1.29, 1.82) is 0 Å². The minimum Gasteiger partial charge on any atom is -0.366 e. The third-order valence-corrected chi connectivity index (χ3v) is 3.69. The van der Waals surface area contributed by atoms with Gasteiger partial charge in [0.05, 0.1) is 0 Å². The van der Waals surface area contributed by atoms with Gasteiger partial charge in [-0.1, -0.05) is 43.6 Å². The molecule has 0 radical (unpaired) electrons. The molecule has 0 fully saturated rings. The van der Waals surface area contributed by atoms with Crippen molar-refractivity contribution < 1.29 is 4.79 Å². The summed E-state index contributed by atoms with van der Waals surface area (Å²) in [7, 11) is 0. The molecular weight excluding hydrogens is 312 g/mol. The van der Waals surface area contributed by atoms with Crippen molar-refractivity contribution in [2.75, 3.05) is 11.9 Å². The maximum atomic E-state index is 12.1. The van der Waals surface area contributed by atoms with Crippen molar-refractivity contribution in [1.82, 2.24) is 15.3 Å². The van der Waals surface area contributed by atoms with E-state index >= 15 is 0 Å². The van der Waals surface area contributed by atoms with E-state index in [4.69, 9.17) is 11.6 Å². The molecule has 0 aliphatic heterocycles. The van der Waals surface area contributed by atoms with Gasteiger partial charge in [0.2, 0.25) is 0 Å². The van der Waals surface area contributed by atoms with E-state index in [1.54, 1.807) is 6.07 Å². The standard InChI is InChI=1S/C17H21ClN4O/c1-12(2)7-8-19-17(23)15-9-16(22-11-21-15)20-10-13-5-3-4-6-14(13)18/h3-6,9,11-12H,7-8,10H2,1-2H3,(H,19,23)(H,20,21,22). The molecule has 0 aliphatic rings. The van der Waals surface area contributed by atoms with E-state index in [2.05, 4.69) is 34.4 Å². The topological polar surface area (TPSA) is 66.9 Å². The van der Waals surface area contributed by atoms with Gasteiger partial charge in [-0.3, -0.25) is 4.79 Å². The summed E-state index contributed by atoms with van der Waals surface area (Å²) in [6.45, 7) is 5.41. The Labute approximate surface area is 141 Å². The molecule has 1 amide bonds. The lowest BCUT2D eigenvalue weighted by Crippen LogP contribution is -2.26. The highest BCUT2D eigenvalue weighted by Gasteiger charge is 2.09. The summed E-state index contributed by atoms with van der Waals surface area (Å²) in [5.41, 5.74) is 1.32. The first-order valence-electron chi connectivity index (χ1n) is 7.64. The summed E-state index contributed by atoms with van der Waals surface area (Å²) in [5.74, 6) is 0.955. The fourth-order valence-corrected chi connectivity index (χ4v) is 2.17. The van der Waals surface area contributed by atoms with Gasteiger partial charge in [-0.25, -0.2) is 9.97 Å². The van der Waals surface area contributed by atoms with Crippen molar-refractivity contribution in [3.05, 3.63) is 52.9 Å². The summed E-state index contributed by atoms with van der Waals surface area (Å²) in [6, 6.07) is 9.23. The van der Waals surface area contributed by atoms with Crippen LogP contribution in [0.25, 0.3) is 0 Å². The zero-order valence-corrected chi connectivity index (χ0v) is 14.1. The van der Waals surface area contributed by atoms with Crippen LogP contribution in [0.3, 0.4) is 0 Å². The number of benzene rings is 1. The van der Waals surface area contributed by atoms with Crippen molar-refractivity contribution in [2.24, 2.45) is 5.92 Å². The Morgan fingerprint density at radius 2 is 2.04 bits per heavy atom. The van der Waals surface area contributed by atoms with Crippen LogP contribution in [0.1, 0.15) is 36.3 Å². The Morgan fingerprint density at radius 1 is 1.26 bits per heavy atom. The van der Waals surface area contributed by atoms with Crippen molar-refractivity contribution >= 4 is 23.3 Å². The van der Waals surface area contributed by atoms with Crippen LogP contribution in [0.5, 0.6) is 0 Å². The van der Waals surface area contributed by atoms with Gasteiger partial charge in [0, 0.05) is 24.2 Å². The molecular formula is C17H21ClN4O. The van der Waals surface area contributed by atoms with Crippen LogP contribution >= 0.6 is 11.6 Å². The van der Waals surface area contributed by atoms with Crippen molar-refractivity contribution in [3.63, 3.8) is 0 Å². The molecule has 0 spiro atoms. The highest BCUT2D eigenvalue weighted by molar-refractivity contribution is 6.31. The summed E-state index contributed by atoms with van der Waals surface area (Å²) < 4.78 is 0. The molecule has 5 nitrogen and oxygen atoms in total. The fourth-order valence-electron chi connectivity index (χ4n) is 1.97. The fraction of sp³-hybridized carbons (Fsp3) is 0.353. The van der Waals surface area contributed by atoms with Crippen LogP contribution < -0.4 is 10.6 Å². The molecule has 0 atom stereocenters. The number of aromatic nitrogens is 2. The Morgan fingerprint density at radius 3 is 2.78 bits per heavy atom. The molecule has 0 bridgehead atoms. The van der Waals surface area contributed by atoms with Gasteiger partial charge >= 0.3 is 0 Å². The lowest BCUT2D eigenvalue weighted by Gasteiger charge is -2.09. The number of carbonyl (C=O) groups is 1. The summed E-state index contributed by atoms with van der Waals surface area (Å²) in [6.07, 6.45) is 2.32. The van der Waals surface area contributed by atoms with E-state index in [1.165, 1.54) is 6.33 Å². The molecule has 122 valence electrons. The SMILES string of the molecule is CC(C)CCNC(=O)c1cc(NCc2ccccc2Cl)ncn1. The average Bonchev–Trinajstić information content (AvgIpc) is 2.54. The predicted octanol–water partition coefficient (Wildman–Crippen LogP) is 3.52. The van der Waals surface area contributed by atoms with Crippen molar-refractivity contribution in [3.8, 4) is 0 Å². The van der Waals surface area contributed by atoms with Crippen molar-refractivity contribution in [2.45, 2.75) is 26.8 Å². The minimum absolute atomic E-state index is 0.186. The van der Waals surface area contributed by atoms with Crippen LogP contribution in [-0.2, 0) is 6.54 Å². The van der Waals surface area contributed by atoms with Gasteiger partial charge in [-0.15, -0.1) is 0 Å². The molecule has 1 aromatic carbocycles. The highest BCUT2D eigenvalue weighted by atomic mass is 35.5. The Balaban J connectivity index is 1.94. The maximum Gasteiger partial charge on any atom is 0.270 e. The molecule has 0 aliphatic carbocycles. The number of hydrogen-bond donors (Lipinski definition) is 2. The van der Waals surface area contributed by atoms with Crippen LogP contribution in [0.4, 0.5) is 5.82 Å². The average molecular weight is 333 g/mol. The number of carbonyl (C=O) groups excluding carboxylic acids is 1. The second-order valence-electron chi connectivity index (χ2n) is 5.67. The molecule has 0 unspecified atom stereocenters. The number of hydrogen-bond acceptors (Lipinski definition) is 4. The number of nitrogens with zero attached hydrogens (tertiary/aromatic N) is 2. The Bertz CT molecular complexity index is 661. The van der Waals surface area contributed by atoms with Gasteiger partial charge < -0.3 is 10.6 Å². The van der Waals surface area contributed by atoms with Crippen LogP contribution in [0, 0.1) is 5.92 Å². The predicted molar refractivity (Wildman–Crippen MR) is 92.6 cm³/mol. The maximum absolute atomic E-state index is 12.1. The first-order valence-corrected chi connectivity index (χ1v) is 8.01. The van der Waals surface area contributed by atoms with Gasteiger partial charge in [0.15, 0.2) is 0 Å². The molecule has 6 heteroatoms. The smallest absolute Gasteiger partial charge is 0.270 e. The minimum atomic E-state index is -0.186. The van der Waals surface area contributed by atoms with Crippen LogP contribution in [0.15, 0.2) is 36.7 Å².